The number of nitrogens with zero attached hydrogens (tertiary/aromatic N) is 6. The van der Waals surface area contributed by atoms with Crippen LogP contribution in [-0.2, 0) is 19.8 Å². The van der Waals surface area contributed by atoms with E-state index in [0.717, 1.165) is 40.8 Å². The van der Waals surface area contributed by atoms with Gasteiger partial charge in [0.2, 0.25) is 5.28 Å². The Kier molecular flexibility index (Phi) is 22.0. The van der Waals surface area contributed by atoms with Crippen molar-refractivity contribution < 1.29 is 37.3 Å². The van der Waals surface area contributed by atoms with E-state index in [4.69, 9.17) is 49.2 Å². The molecule has 0 spiro atoms. The van der Waals surface area contributed by atoms with Crippen LogP contribution in [0.25, 0.3) is 0 Å². The summed E-state index contributed by atoms with van der Waals surface area (Å²) in [6, 6.07) is 40.8. The highest BCUT2D eigenvalue weighted by molar-refractivity contribution is 6.67. The van der Waals surface area contributed by atoms with Gasteiger partial charge in [-0.3, -0.25) is 9.59 Å². The lowest BCUT2D eigenvalue weighted by molar-refractivity contribution is 0.102. The molecule has 0 atom stereocenters. The van der Waals surface area contributed by atoms with E-state index in [1.807, 2.05) is 99.6 Å². The van der Waals surface area contributed by atoms with Gasteiger partial charge in [0.05, 0.1) is 25.2 Å². The molecule has 6 N–H and O–H groups in total. The molecule has 0 aliphatic carbocycles. The predicted molar refractivity (Wildman–Crippen MR) is 259 cm³/mol. The van der Waals surface area contributed by atoms with Gasteiger partial charge in [-0.25, -0.2) is 28.1 Å². The van der Waals surface area contributed by atoms with Crippen LogP contribution in [0.3, 0.4) is 0 Å². The first-order valence-electron chi connectivity index (χ1n) is 20.5. The molecule has 14 nitrogen and oxygen atoms in total. The number of aliphatic hydroxyl groups is 1. The minimum absolute atomic E-state index is 0.00895. The molecule has 19 heteroatoms. The lowest BCUT2D eigenvalue weighted by Gasteiger charge is -2.08. The predicted octanol–water partition coefficient (Wildman–Crippen LogP) is 10.2. The third-order valence-corrected chi connectivity index (χ3v) is 9.16. The lowest BCUT2D eigenvalue weighted by Crippen LogP contribution is -2.15. The van der Waals surface area contributed by atoms with Crippen molar-refractivity contribution in [3.05, 3.63) is 219 Å². The Bertz CT molecular complexity index is 2840. The fraction of sp³-hybridized carbons (Fsp3) is 0.120. The van der Waals surface area contributed by atoms with Crippen LogP contribution in [0.1, 0.15) is 54.1 Å². The normalized spacial score (nSPS) is 9.93. The number of amides is 1. The van der Waals surface area contributed by atoms with Crippen molar-refractivity contribution in [2.45, 2.75) is 40.6 Å². The van der Waals surface area contributed by atoms with Crippen LogP contribution in [0.4, 0.5) is 30.6 Å². The molecule has 0 aliphatic rings. The minimum Gasteiger partial charge on any atom is -0.459 e. The summed E-state index contributed by atoms with van der Waals surface area (Å²) in [5, 5.41) is 10.6. The van der Waals surface area contributed by atoms with E-state index < -0.39 is 28.6 Å². The minimum atomic E-state index is -0.730. The van der Waals surface area contributed by atoms with Crippen molar-refractivity contribution in [3.63, 3.8) is 0 Å². The molecule has 356 valence electrons. The Balaban J connectivity index is 0.000000203. The second-order valence-electron chi connectivity index (χ2n) is 14.3. The van der Waals surface area contributed by atoms with Crippen molar-refractivity contribution in [2.24, 2.45) is 0 Å². The molecule has 0 saturated heterocycles. The van der Waals surface area contributed by atoms with Gasteiger partial charge in [-0.15, -0.1) is 0 Å². The summed E-state index contributed by atoms with van der Waals surface area (Å²) in [6.45, 7) is 6.74. The fourth-order valence-corrected chi connectivity index (χ4v) is 5.26. The number of aromatic nitrogens is 6. The number of nitrogen functional groups attached to an aromatic ring is 2. The van der Waals surface area contributed by atoms with E-state index in [1.54, 1.807) is 54.6 Å². The van der Waals surface area contributed by atoms with Gasteiger partial charge in [-0.1, -0.05) is 138 Å². The molecule has 3 aromatic heterocycles. The van der Waals surface area contributed by atoms with Crippen molar-refractivity contribution in [1.82, 2.24) is 29.9 Å². The van der Waals surface area contributed by atoms with Gasteiger partial charge in [0.15, 0.2) is 34.9 Å². The van der Waals surface area contributed by atoms with Crippen LogP contribution in [-0.4, -0.2) is 46.2 Å². The number of ether oxygens (including phenoxy) is 2. The monoisotopic (exact) mass is 979 g/mol. The van der Waals surface area contributed by atoms with E-state index in [2.05, 4.69) is 35.2 Å². The van der Waals surface area contributed by atoms with Gasteiger partial charge in [0.1, 0.15) is 13.2 Å². The molecule has 0 aliphatic heterocycles. The van der Waals surface area contributed by atoms with Crippen LogP contribution < -0.4 is 26.3 Å². The van der Waals surface area contributed by atoms with Crippen molar-refractivity contribution >= 4 is 51.8 Å². The number of aryl methyl sites for hydroxylation is 3. The highest BCUT2D eigenvalue weighted by Gasteiger charge is 2.13. The summed E-state index contributed by atoms with van der Waals surface area (Å²) < 4.78 is 49.6. The van der Waals surface area contributed by atoms with E-state index in [-0.39, 0.29) is 48.0 Å². The molecule has 0 saturated carbocycles. The Labute approximate surface area is 406 Å². The van der Waals surface area contributed by atoms with Gasteiger partial charge in [-0.2, -0.15) is 15.0 Å². The number of benzene rings is 5. The summed E-state index contributed by atoms with van der Waals surface area (Å²) in [5.74, 6) is -3.14. The summed E-state index contributed by atoms with van der Waals surface area (Å²) in [4.78, 5) is 44.3. The van der Waals surface area contributed by atoms with Gasteiger partial charge < -0.3 is 31.4 Å². The molecular formula is C50H46Cl2F3N9O5. The number of halogens is 5. The van der Waals surface area contributed by atoms with Crippen LogP contribution >= 0.6 is 23.2 Å². The molecule has 69 heavy (non-hydrogen) atoms. The maximum atomic E-state index is 13.9. The zero-order chi connectivity index (χ0) is 50.1. The number of nitrogens with two attached hydrogens (primary N) is 2. The number of carbonyl (C=O) groups is 2. The second-order valence-corrected chi connectivity index (χ2v) is 14.9. The van der Waals surface area contributed by atoms with Crippen LogP contribution in [0, 0.1) is 38.2 Å². The fourth-order valence-electron chi connectivity index (χ4n) is 5.00. The first kappa shape index (κ1) is 53.6. The number of anilines is 3. The number of carbonyl (C=O) groups excluding carboxylic acids is 2. The van der Waals surface area contributed by atoms with Crippen LogP contribution in [0.5, 0.6) is 12.0 Å². The van der Waals surface area contributed by atoms with E-state index >= 15 is 0 Å². The molecule has 8 aromatic rings. The SMILES string of the molecule is Cc1ccc(CO)cc1.Cc1ccc(COc2ncc(F)c(N)n2)cc1.Cc1ccc(COc2ncc(F)c(NC(=O)c3ccccc3)n2)cc1.Nc1nc(Cl)ncc1F.O=C(Cl)c1ccccc1. The molecule has 0 fully saturated rings. The van der Waals surface area contributed by atoms with Crippen molar-refractivity contribution in [1.29, 1.82) is 0 Å². The van der Waals surface area contributed by atoms with Crippen LogP contribution in [0.15, 0.2) is 152 Å². The van der Waals surface area contributed by atoms with Gasteiger partial charge in [0.25, 0.3) is 11.1 Å². The number of hydrogen-bond acceptors (Lipinski definition) is 13. The average Bonchev–Trinajstić information content (AvgIpc) is 3.36. The molecule has 0 unspecified atom stereocenters. The molecular weight excluding hydrogens is 935 g/mol. The summed E-state index contributed by atoms with van der Waals surface area (Å²) in [7, 11) is 0. The zero-order valence-electron chi connectivity index (χ0n) is 37.4. The highest BCUT2D eigenvalue weighted by Crippen LogP contribution is 2.17. The standard InChI is InChI=1S/C19H16FN3O2.C12H12FN3O.C8H10O.C7H5ClO.C4H3ClFN3/c1-13-7-9-14(10-8-13)12-25-19-21-11-16(20)17(23-19)22-18(24)15-5-3-2-4-6-15;1-8-2-4-9(5-3-8)7-17-12-15-6-10(13)11(14)16-12;1-7-2-4-8(6-9)5-3-7;8-7(9)6-4-2-1-3-5-6;5-4-8-1-2(6)3(7)9-4/h2-11H,12H2,1H3,(H,21,22,23,24);2-6H,7H2,1H3,(H2,14,15,16);2-5,9H,6H2,1H3;1-5H;1H,(H2,7,8,9). The maximum absolute atomic E-state index is 13.9. The molecule has 3 heterocycles. The average molecular weight is 981 g/mol. The smallest absolute Gasteiger partial charge is 0.318 e. The van der Waals surface area contributed by atoms with E-state index in [1.165, 1.54) is 11.1 Å². The highest BCUT2D eigenvalue weighted by atomic mass is 35.5. The quantitative estimate of drug-likeness (QED) is 0.0742. The molecule has 8 rings (SSSR count). The van der Waals surface area contributed by atoms with Crippen molar-refractivity contribution in [3.8, 4) is 12.0 Å². The first-order chi connectivity index (χ1) is 33.1. The third kappa shape index (κ3) is 19.8. The van der Waals surface area contributed by atoms with Crippen LogP contribution in [0.2, 0.25) is 5.28 Å². The Morgan fingerprint density at radius 1 is 0.565 bits per heavy atom. The van der Waals surface area contributed by atoms with Crippen molar-refractivity contribution in [2.75, 3.05) is 16.8 Å². The number of aliphatic hydroxyl groups excluding tert-OH is 1. The van der Waals surface area contributed by atoms with Gasteiger partial charge in [-0.05, 0) is 72.8 Å². The first-order valence-corrected chi connectivity index (χ1v) is 21.2. The second kappa shape index (κ2) is 28.2. The van der Waals surface area contributed by atoms with E-state index in [0.29, 0.717) is 17.7 Å². The summed E-state index contributed by atoms with van der Waals surface area (Å²) in [6.07, 6.45) is 2.88. The Hall–Kier alpha value is -7.99. The number of nitrogens with one attached hydrogen (secondary N) is 1. The zero-order valence-corrected chi connectivity index (χ0v) is 38.9. The summed E-state index contributed by atoms with van der Waals surface area (Å²) >= 11 is 10.4. The molecule has 1 amide bonds. The summed E-state index contributed by atoms with van der Waals surface area (Å²) in [5.41, 5.74) is 17.7. The molecule has 0 radical (unpaired) electrons. The molecule has 5 aromatic carbocycles. The van der Waals surface area contributed by atoms with Gasteiger partial charge in [0, 0.05) is 11.1 Å². The largest absolute Gasteiger partial charge is 0.459 e. The number of hydrogen-bond donors (Lipinski definition) is 4. The Morgan fingerprint density at radius 2 is 0.971 bits per heavy atom. The molecule has 0 bridgehead atoms. The number of rotatable bonds is 10. The Morgan fingerprint density at radius 3 is 1.38 bits per heavy atom. The van der Waals surface area contributed by atoms with E-state index in [9.17, 15) is 22.8 Å². The topological polar surface area (TPSA) is 214 Å². The van der Waals surface area contributed by atoms with Gasteiger partial charge >= 0.3 is 12.0 Å². The maximum Gasteiger partial charge on any atom is 0.318 e. The lowest BCUT2D eigenvalue weighted by atomic mass is 10.2. The third-order valence-electron chi connectivity index (χ3n) is 8.76.